The van der Waals surface area contributed by atoms with E-state index in [-0.39, 0.29) is 17.4 Å². The second-order valence-electron chi connectivity index (χ2n) is 5.05. The highest BCUT2D eigenvalue weighted by Crippen LogP contribution is 2.29. The molecule has 0 saturated heterocycles. The number of nitrogens with one attached hydrogen (secondary N) is 1. The number of hydrogen-bond donors (Lipinski definition) is 1. The number of halogens is 2. The molecule has 0 aliphatic heterocycles. The predicted molar refractivity (Wildman–Crippen MR) is 83.5 cm³/mol. The van der Waals surface area contributed by atoms with Gasteiger partial charge in [0, 0.05) is 30.5 Å². The van der Waals surface area contributed by atoms with Crippen molar-refractivity contribution in [3.05, 3.63) is 41.7 Å². The molecule has 1 amide bonds. The number of hydrogen-bond acceptors (Lipinski definition) is 4. The number of ether oxygens (including phenoxy) is 2. The molecule has 1 heterocycles. The van der Waals surface area contributed by atoms with Crippen molar-refractivity contribution >= 4 is 5.91 Å². The maximum Gasteiger partial charge on any atom is 0.387 e. The van der Waals surface area contributed by atoms with E-state index in [1.165, 1.54) is 25.3 Å². The van der Waals surface area contributed by atoms with Gasteiger partial charge in [0.05, 0.1) is 7.11 Å². The Morgan fingerprint density at radius 2 is 2.12 bits per heavy atom. The molecule has 2 aromatic rings. The van der Waals surface area contributed by atoms with Crippen molar-refractivity contribution in [2.75, 3.05) is 13.7 Å². The summed E-state index contributed by atoms with van der Waals surface area (Å²) in [6.07, 6.45) is 2.45. The number of aryl methyl sites for hydroxylation is 2. The predicted octanol–water partition coefficient (Wildman–Crippen LogP) is 2.62. The first-order valence-corrected chi connectivity index (χ1v) is 7.40. The third-order valence-corrected chi connectivity index (χ3v) is 3.40. The number of amides is 1. The van der Waals surface area contributed by atoms with Gasteiger partial charge in [0.15, 0.2) is 11.5 Å². The highest BCUT2D eigenvalue weighted by atomic mass is 19.3. The van der Waals surface area contributed by atoms with Crippen LogP contribution in [0.5, 0.6) is 11.5 Å². The lowest BCUT2D eigenvalue weighted by Gasteiger charge is -2.11. The van der Waals surface area contributed by atoms with Crippen LogP contribution in [0.15, 0.2) is 30.5 Å². The number of carbonyl (C=O) groups is 1. The van der Waals surface area contributed by atoms with Crippen LogP contribution in [0, 0.1) is 6.92 Å². The van der Waals surface area contributed by atoms with E-state index >= 15 is 0 Å². The second-order valence-corrected chi connectivity index (χ2v) is 5.05. The van der Waals surface area contributed by atoms with Crippen molar-refractivity contribution in [3.63, 3.8) is 0 Å². The minimum Gasteiger partial charge on any atom is -0.493 e. The number of alkyl halides is 2. The highest BCUT2D eigenvalue weighted by Gasteiger charge is 2.14. The molecule has 0 radical (unpaired) electrons. The number of methoxy groups -OCH3 is 1. The van der Waals surface area contributed by atoms with E-state index in [0.29, 0.717) is 18.7 Å². The number of nitrogens with zero attached hydrogens (tertiary/aromatic N) is 2. The molecule has 130 valence electrons. The standard InChI is InChI=1S/C16H19F2N3O3/c1-11-6-8-20-21(11)9-3-7-19-15(22)12-4-5-13(24-16(17)18)14(10-12)23-2/h4-6,8,10,16H,3,7,9H2,1-2H3,(H,19,22). The van der Waals surface area contributed by atoms with E-state index in [4.69, 9.17) is 4.74 Å². The summed E-state index contributed by atoms with van der Waals surface area (Å²) >= 11 is 0. The first-order chi connectivity index (χ1) is 11.5. The zero-order chi connectivity index (χ0) is 17.5. The average molecular weight is 339 g/mol. The van der Waals surface area contributed by atoms with E-state index < -0.39 is 6.61 Å². The van der Waals surface area contributed by atoms with Gasteiger partial charge in [0.1, 0.15) is 0 Å². The maximum atomic E-state index is 12.3. The fourth-order valence-electron chi connectivity index (χ4n) is 2.17. The molecular formula is C16H19F2N3O3. The minimum absolute atomic E-state index is 0.0788. The molecule has 1 N–H and O–H groups in total. The number of aromatic nitrogens is 2. The van der Waals surface area contributed by atoms with Gasteiger partial charge in [-0.2, -0.15) is 13.9 Å². The van der Waals surface area contributed by atoms with Crippen LogP contribution in [0.3, 0.4) is 0 Å². The van der Waals surface area contributed by atoms with Crippen molar-refractivity contribution in [1.82, 2.24) is 15.1 Å². The van der Waals surface area contributed by atoms with Gasteiger partial charge in [-0.1, -0.05) is 0 Å². The third-order valence-electron chi connectivity index (χ3n) is 3.40. The Hall–Kier alpha value is -2.64. The van der Waals surface area contributed by atoms with Gasteiger partial charge >= 0.3 is 6.61 Å². The Bertz CT molecular complexity index is 689. The fourth-order valence-corrected chi connectivity index (χ4v) is 2.17. The molecule has 2 rings (SSSR count). The second kappa shape index (κ2) is 8.28. The van der Waals surface area contributed by atoms with Gasteiger partial charge < -0.3 is 14.8 Å². The van der Waals surface area contributed by atoms with Gasteiger partial charge in [-0.3, -0.25) is 9.48 Å². The summed E-state index contributed by atoms with van der Waals surface area (Å²) in [7, 11) is 1.32. The number of rotatable bonds is 8. The van der Waals surface area contributed by atoms with Gasteiger partial charge in [-0.15, -0.1) is 0 Å². The van der Waals surface area contributed by atoms with Gasteiger partial charge in [-0.25, -0.2) is 0 Å². The zero-order valence-corrected chi connectivity index (χ0v) is 13.5. The lowest BCUT2D eigenvalue weighted by atomic mass is 10.2. The summed E-state index contributed by atoms with van der Waals surface area (Å²) in [4.78, 5) is 12.1. The average Bonchev–Trinajstić information content (AvgIpc) is 2.96. The summed E-state index contributed by atoms with van der Waals surface area (Å²) in [6.45, 7) is 0.171. The summed E-state index contributed by atoms with van der Waals surface area (Å²) in [5.41, 5.74) is 1.37. The van der Waals surface area contributed by atoms with Gasteiger partial charge in [0.25, 0.3) is 5.91 Å². The molecule has 0 bridgehead atoms. The number of carbonyl (C=O) groups excluding carboxylic acids is 1. The van der Waals surface area contributed by atoms with Crippen molar-refractivity contribution in [2.24, 2.45) is 0 Å². The van der Waals surface area contributed by atoms with Crippen LogP contribution in [-0.2, 0) is 6.54 Å². The van der Waals surface area contributed by atoms with Crippen LogP contribution < -0.4 is 14.8 Å². The Morgan fingerprint density at radius 3 is 2.75 bits per heavy atom. The summed E-state index contributed by atoms with van der Waals surface area (Å²) < 4.78 is 35.7. The van der Waals surface area contributed by atoms with E-state index in [1.54, 1.807) is 6.20 Å². The Morgan fingerprint density at radius 1 is 1.33 bits per heavy atom. The van der Waals surface area contributed by atoms with Crippen LogP contribution in [0.25, 0.3) is 0 Å². The Balaban J connectivity index is 1.88. The van der Waals surface area contributed by atoms with E-state index in [2.05, 4.69) is 15.2 Å². The van der Waals surface area contributed by atoms with Crippen molar-refractivity contribution in [2.45, 2.75) is 26.5 Å². The highest BCUT2D eigenvalue weighted by molar-refractivity contribution is 5.94. The molecular weight excluding hydrogens is 320 g/mol. The molecule has 24 heavy (non-hydrogen) atoms. The van der Waals surface area contributed by atoms with E-state index in [0.717, 1.165) is 12.1 Å². The van der Waals surface area contributed by atoms with Crippen molar-refractivity contribution in [3.8, 4) is 11.5 Å². The lowest BCUT2D eigenvalue weighted by Crippen LogP contribution is -2.25. The largest absolute Gasteiger partial charge is 0.493 e. The molecule has 0 aliphatic carbocycles. The first kappa shape index (κ1) is 17.7. The molecule has 1 aromatic carbocycles. The Labute approximate surface area is 138 Å². The normalized spacial score (nSPS) is 10.7. The lowest BCUT2D eigenvalue weighted by molar-refractivity contribution is -0.0512. The molecule has 0 aliphatic rings. The summed E-state index contributed by atoms with van der Waals surface area (Å²) in [5.74, 6) is -0.345. The quantitative estimate of drug-likeness (QED) is 0.751. The molecule has 0 saturated carbocycles. The topological polar surface area (TPSA) is 65.4 Å². The molecule has 0 fully saturated rings. The Kier molecular flexibility index (Phi) is 6.11. The molecule has 0 spiro atoms. The van der Waals surface area contributed by atoms with Crippen molar-refractivity contribution < 1.29 is 23.0 Å². The first-order valence-electron chi connectivity index (χ1n) is 7.40. The van der Waals surface area contributed by atoms with Gasteiger partial charge in [0.2, 0.25) is 0 Å². The molecule has 0 atom stereocenters. The van der Waals surface area contributed by atoms with Crippen LogP contribution in [0.2, 0.25) is 0 Å². The van der Waals surface area contributed by atoms with E-state index in [9.17, 15) is 13.6 Å². The molecule has 6 nitrogen and oxygen atoms in total. The van der Waals surface area contributed by atoms with Gasteiger partial charge in [-0.05, 0) is 37.6 Å². The van der Waals surface area contributed by atoms with Crippen LogP contribution in [-0.4, -0.2) is 36.0 Å². The zero-order valence-electron chi connectivity index (χ0n) is 13.5. The van der Waals surface area contributed by atoms with Crippen LogP contribution >= 0.6 is 0 Å². The molecule has 8 heteroatoms. The molecule has 0 unspecified atom stereocenters. The fraction of sp³-hybridized carbons (Fsp3) is 0.375. The summed E-state index contributed by atoms with van der Waals surface area (Å²) in [5, 5.41) is 6.93. The monoisotopic (exact) mass is 339 g/mol. The van der Waals surface area contributed by atoms with Crippen LogP contribution in [0.1, 0.15) is 22.5 Å². The summed E-state index contributed by atoms with van der Waals surface area (Å²) in [6, 6.07) is 5.97. The van der Waals surface area contributed by atoms with Crippen molar-refractivity contribution in [1.29, 1.82) is 0 Å². The van der Waals surface area contributed by atoms with Crippen LogP contribution in [0.4, 0.5) is 8.78 Å². The SMILES string of the molecule is COc1cc(C(=O)NCCCn2nccc2C)ccc1OC(F)F. The number of benzene rings is 1. The minimum atomic E-state index is -2.95. The third kappa shape index (κ3) is 4.68. The van der Waals surface area contributed by atoms with E-state index in [1.807, 2.05) is 17.7 Å². The molecule has 1 aromatic heterocycles. The maximum absolute atomic E-state index is 12.3. The smallest absolute Gasteiger partial charge is 0.387 e.